The Balaban J connectivity index is 0.000000166. The third-order valence-electron chi connectivity index (χ3n) is 4.39. The number of aromatic nitrogens is 2. The Morgan fingerprint density at radius 2 is 1.83 bits per heavy atom. The molecule has 0 aliphatic carbocycles. The number of morpholine rings is 1. The summed E-state index contributed by atoms with van der Waals surface area (Å²) in [7, 11) is 0. The second kappa shape index (κ2) is 10.5. The van der Waals surface area contributed by atoms with Crippen molar-refractivity contribution in [3.05, 3.63) is 71.6 Å². The van der Waals surface area contributed by atoms with Crippen molar-refractivity contribution in [3.8, 4) is 11.3 Å². The first kappa shape index (κ1) is 20.8. The second-order valence-electron chi connectivity index (χ2n) is 6.46. The summed E-state index contributed by atoms with van der Waals surface area (Å²) in [6, 6.07) is 17.4. The topological polar surface area (TPSA) is 67.4 Å². The third kappa shape index (κ3) is 6.27. The van der Waals surface area contributed by atoms with Gasteiger partial charge >= 0.3 is 0 Å². The molecular formula is C22H23ClN4O2. The molecule has 1 fully saturated rings. The number of benzene rings is 2. The van der Waals surface area contributed by atoms with Gasteiger partial charge in [0.2, 0.25) is 6.41 Å². The van der Waals surface area contributed by atoms with Crippen molar-refractivity contribution >= 4 is 29.4 Å². The number of aryl methyl sites for hydroxylation is 1. The van der Waals surface area contributed by atoms with E-state index in [1.807, 2.05) is 61.5 Å². The lowest BCUT2D eigenvalue weighted by molar-refractivity contribution is -0.105. The smallest absolute Gasteiger partial charge is 0.211 e. The number of hydrogen-bond acceptors (Lipinski definition) is 5. The van der Waals surface area contributed by atoms with Crippen LogP contribution in [0.4, 0.5) is 11.4 Å². The molecule has 0 radical (unpaired) electrons. The van der Waals surface area contributed by atoms with Crippen LogP contribution in [0.15, 0.2) is 60.9 Å². The lowest BCUT2D eigenvalue weighted by Crippen LogP contribution is -2.36. The van der Waals surface area contributed by atoms with Crippen molar-refractivity contribution < 1.29 is 9.53 Å². The maximum absolute atomic E-state index is 10.2. The number of nitrogens with one attached hydrogen (secondary N) is 1. The number of nitrogens with zero attached hydrogens (tertiary/aromatic N) is 3. The Kier molecular flexibility index (Phi) is 7.55. The van der Waals surface area contributed by atoms with Crippen molar-refractivity contribution in [1.29, 1.82) is 0 Å². The van der Waals surface area contributed by atoms with E-state index in [0.29, 0.717) is 6.41 Å². The van der Waals surface area contributed by atoms with Crippen molar-refractivity contribution in [1.82, 2.24) is 9.97 Å². The molecule has 0 unspecified atom stereocenters. The lowest BCUT2D eigenvalue weighted by Gasteiger charge is -2.28. The molecule has 0 spiro atoms. The molecule has 29 heavy (non-hydrogen) atoms. The first-order valence-corrected chi connectivity index (χ1v) is 9.71. The molecule has 7 heteroatoms. The summed E-state index contributed by atoms with van der Waals surface area (Å²) < 4.78 is 5.28. The fourth-order valence-electron chi connectivity index (χ4n) is 2.92. The summed E-state index contributed by atoms with van der Waals surface area (Å²) in [5, 5.41) is 3.33. The quantitative estimate of drug-likeness (QED) is 0.653. The van der Waals surface area contributed by atoms with Gasteiger partial charge in [-0.15, -0.1) is 0 Å². The van der Waals surface area contributed by atoms with Crippen LogP contribution in [0.1, 0.15) is 5.69 Å². The summed E-state index contributed by atoms with van der Waals surface area (Å²) >= 11 is 5.89. The van der Waals surface area contributed by atoms with E-state index in [9.17, 15) is 4.79 Å². The maximum atomic E-state index is 10.2. The maximum Gasteiger partial charge on any atom is 0.211 e. The summed E-state index contributed by atoms with van der Waals surface area (Å²) in [5.41, 5.74) is 4.87. The molecule has 1 amide bonds. The molecule has 150 valence electrons. The van der Waals surface area contributed by atoms with Crippen LogP contribution < -0.4 is 10.2 Å². The minimum atomic E-state index is 0.684. The SMILES string of the molecule is Cc1cc(-c2cccc(Cl)c2)ncn1.O=CNc1ccc(N2CCOCC2)cc1. The number of hydrogen-bond donors (Lipinski definition) is 1. The zero-order valence-electron chi connectivity index (χ0n) is 16.2. The largest absolute Gasteiger partial charge is 0.378 e. The van der Waals surface area contributed by atoms with Gasteiger partial charge in [-0.3, -0.25) is 4.79 Å². The van der Waals surface area contributed by atoms with Gasteiger partial charge in [0.15, 0.2) is 0 Å². The van der Waals surface area contributed by atoms with Gasteiger partial charge in [-0.1, -0.05) is 23.7 Å². The highest BCUT2D eigenvalue weighted by molar-refractivity contribution is 6.30. The Labute approximate surface area is 175 Å². The highest BCUT2D eigenvalue weighted by Gasteiger charge is 2.10. The molecular weight excluding hydrogens is 388 g/mol. The Hall–Kier alpha value is -2.96. The van der Waals surface area contributed by atoms with E-state index < -0.39 is 0 Å². The zero-order chi connectivity index (χ0) is 20.5. The molecule has 1 aromatic heterocycles. The van der Waals surface area contributed by atoms with E-state index in [1.54, 1.807) is 6.33 Å². The van der Waals surface area contributed by atoms with Gasteiger partial charge in [-0.2, -0.15) is 0 Å². The first-order chi connectivity index (χ1) is 14.2. The molecule has 6 nitrogen and oxygen atoms in total. The number of carbonyl (C=O) groups is 1. The molecule has 2 aromatic carbocycles. The Morgan fingerprint density at radius 1 is 1.07 bits per heavy atom. The van der Waals surface area contributed by atoms with Crippen molar-refractivity contribution in [2.24, 2.45) is 0 Å². The lowest BCUT2D eigenvalue weighted by atomic mass is 10.1. The number of anilines is 2. The fourth-order valence-corrected chi connectivity index (χ4v) is 3.11. The molecule has 1 aliphatic heterocycles. The van der Waals surface area contributed by atoms with E-state index in [2.05, 4.69) is 20.2 Å². The molecule has 2 heterocycles. The average Bonchev–Trinajstić information content (AvgIpc) is 2.76. The second-order valence-corrected chi connectivity index (χ2v) is 6.90. The first-order valence-electron chi connectivity index (χ1n) is 9.33. The van der Waals surface area contributed by atoms with E-state index >= 15 is 0 Å². The van der Waals surface area contributed by atoms with Crippen LogP contribution in [0.25, 0.3) is 11.3 Å². The third-order valence-corrected chi connectivity index (χ3v) is 4.63. The predicted octanol–water partition coefficient (Wildman–Crippen LogP) is 4.20. The van der Waals surface area contributed by atoms with Gasteiger partial charge in [0.1, 0.15) is 6.33 Å². The van der Waals surface area contributed by atoms with Crippen molar-refractivity contribution in [3.63, 3.8) is 0 Å². The van der Waals surface area contributed by atoms with Crippen LogP contribution in [0.3, 0.4) is 0 Å². The molecule has 0 atom stereocenters. The summed E-state index contributed by atoms with van der Waals surface area (Å²) in [5.74, 6) is 0. The Bertz CT molecular complexity index is 885. The molecule has 1 aliphatic rings. The standard InChI is InChI=1S/C11H9ClN2.C11H14N2O2/c1-8-5-11(14-7-13-8)9-3-2-4-10(12)6-9;14-9-12-10-1-3-11(4-2-10)13-5-7-15-8-6-13/h2-7H,1H3;1-4,9H,5-8H2,(H,12,14). The summed E-state index contributed by atoms with van der Waals surface area (Å²) in [4.78, 5) is 20.7. The normalized spacial score (nSPS) is 13.2. The van der Waals surface area contributed by atoms with Gasteiger partial charge in [-0.25, -0.2) is 9.97 Å². The van der Waals surface area contributed by atoms with Gasteiger partial charge in [0.25, 0.3) is 0 Å². The van der Waals surface area contributed by atoms with E-state index in [4.69, 9.17) is 16.3 Å². The van der Waals surface area contributed by atoms with Crippen LogP contribution in [-0.2, 0) is 9.53 Å². The van der Waals surface area contributed by atoms with Gasteiger partial charge < -0.3 is 15.0 Å². The van der Waals surface area contributed by atoms with Gasteiger partial charge in [0, 0.05) is 40.7 Å². The van der Waals surface area contributed by atoms with Gasteiger partial charge in [0.05, 0.1) is 18.9 Å². The number of carbonyl (C=O) groups excluding carboxylic acids is 1. The van der Waals surface area contributed by atoms with Crippen molar-refractivity contribution in [2.75, 3.05) is 36.5 Å². The number of ether oxygens (including phenoxy) is 1. The molecule has 1 N–H and O–H groups in total. The molecule has 1 saturated heterocycles. The zero-order valence-corrected chi connectivity index (χ0v) is 17.0. The fraction of sp³-hybridized carbons (Fsp3) is 0.227. The Morgan fingerprint density at radius 3 is 2.48 bits per heavy atom. The summed E-state index contributed by atoms with van der Waals surface area (Å²) in [6.07, 6.45) is 2.25. The summed E-state index contributed by atoms with van der Waals surface area (Å²) in [6.45, 7) is 5.37. The predicted molar refractivity (Wildman–Crippen MR) is 116 cm³/mol. The minimum absolute atomic E-state index is 0.684. The van der Waals surface area contributed by atoms with Crippen LogP contribution >= 0.6 is 11.6 Å². The van der Waals surface area contributed by atoms with Crippen LogP contribution in [-0.4, -0.2) is 42.7 Å². The average molecular weight is 411 g/mol. The highest BCUT2D eigenvalue weighted by atomic mass is 35.5. The molecule has 0 bridgehead atoms. The molecule has 0 saturated carbocycles. The minimum Gasteiger partial charge on any atom is -0.378 e. The van der Waals surface area contributed by atoms with Gasteiger partial charge in [-0.05, 0) is 49.4 Å². The van der Waals surface area contributed by atoms with Crippen LogP contribution in [0.5, 0.6) is 0 Å². The number of amides is 1. The van der Waals surface area contributed by atoms with E-state index in [-0.39, 0.29) is 0 Å². The number of rotatable bonds is 4. The van der Waals surface area contributed by atoms with Crippen LogP contribution in [0.2, 0.25) is 5.02 Å². The van der Waals surface area contributed by atoms with Crippen molar-refractivity contribution in [2.45, 2.75) is 6.92 Å². The van der Waals surface area contributed by atoms with Crippen LogP contribution in [0, 0.1) is 6.92 Å². The molecule has 4 rings (SSSR count). The van der Waals surface area contributed by atoms with E-state index in [1.165, 1.54) is 5.69 Å². The monoisotopic (exact) mass is 410 g/mol. The highest BCUT2D eigenvalue weighted by Crippen LogP contribution is 2.20. The molecule has 3 aromatic rings. The van der Waals surface area contributed by atoms with E-state index in [0.717, 1.165) is 54.0 Å². The number of halogens is 1.